The Kier molecular flexibility index (Phi) is 2.14. The van der Waals surface area contributed by atoms with Gasteiger partial charge in [0.15, 0.2) is 0 Å². The van der Waals surface area contributed by atoms with Crippen LogP contribution < -0.4 is 3.58 Å². The van der Waals surface area contributed by atoms with E-state index in [9.17, 15) is 0 Å². The van der Waals surface area contributed by atoms with Crippen LogP contribution in [0, 0.1) is 0 Å². The van der Waals surface area contributed by atoms with E-state index in [4.69, 9.17) is 11.6 Å². The van der Waals surface area contributed by atoms with Crippen LogP contribution in [-0.2, 0) is 0 Å². The minimum absolute atomic E-state index is 0.566. The van der Waals surface area contributed by atoms with E-state index in [1.54, 1.807) is 12.3 Å². The predicted molar refractivity (Wildman–Crippen MR) is 34.6 cm³/mol. The molecule has 1 heterocycles. The molecule has 0 atom stereocenters. The van der Waals surface area contributed by atoms with Crippen molar-refractivity contribution in [1.82, 2.24) is 4.98 Å². The van der Waals surface area contributed by atoms with Crippen LogP contribution in [0.1, 0.15) is 0 Å². The zero-order chi connectivity index (χ0) is 5.98. The first kappa shape index (κ1) is 6.36. The summed E-state index contributed by atoms with van der Waals surface area (Å²) in [7, 11) is 0. The van der Waals surface area contributed by atoms with Crippen molar-refractivity contribution in [3.63, 3.8) is 0 Å². The van der Waals surface area contributed by atoms with E-state index in [1.807, 2.05) is 6.07 Å². The molecule has 0 aliphatic heterocycles. The average molecular weight is 231 g/mol. The maximum absolute atomic E-state index is 5.51. The molecule has 0 unspecified atom stereocenters. The summed E-state index contributed by atoms with van der Waals surface area (Å²) in [6, 6.07) is 3.76. The van der Waals surface area contributed by atoms with Crippen LogP contribution in [0.4, 0.5) is 0 Å². The van der Waals surface area contributed by atoms with Crippen molar-refractivity contribution in [1.29, 1.82) is 0 Å². The van der Waals surface area contributed by atoms with Crippen molar-refractivity contribution in [2.75, 3.05) is 0 Å². The van der Waals surface area contributed by atoms with Crippen molar-refractivity contribution >= 4 is 37.7 Å². The standard InChI is InChI=1S/C5H3ClN.Sn/c6-5-3-1-2-4-7-5;/h1,3-4H;. The second-order valence-electron chi connectivity index (χ2n) is 1.37. The molecule has 0 fully saturated rings. The van der Waals surface area contributed by atoms with Gasteiger partial charge in [0.2, 0.25) is 0 Å². The number of nitrogens with zero attached hydrogens (tertiary/aromatic N) is 1. The number of aromatic nitrogens is 1. The molecule has 39 valence electrons. The summed E-state index contributed by atoms with van der Waals surface area (Å²) in [5.74, 6) is 0. The first-order chi connectivity index (χ1) is 3.79. The van der Waals surface area contributed by atoms with E-state index >= 15 is 0 Å². The predicted octanol–water partition coefficient (Wildman–Crippen LogP) is 0.529. The summed E-state index contributed by atoms with van der Waals surface area (Å²) in [5.41, 5.74) is 0. The van der Waals surface area contributed by atoms with Crippen LogP contribution in [0.2, 0.25) is 5.15 Å². The van der Waals surface area contributed by atoms with Gasteiger partial charge in [-0.1, -0.05) is 0 Å². The summed E-state index contributed by atoms with van der Waals surface area (Å²) in [6.07, 6.45) is 1.78. The Morgan fingerprint density at radius 1 is 1.50 bits per heavy atom. The Balaban J connectivity index is 3.03. The van der Waals surface area contributed by atoms with Gasteiger partial charge in [-0.25, -0.2) is 0 Å². The second-order valence-corrected chi connectivity index (χ2v) is 3.40. The molecule has 1 aromatic rings. The molecule has 8 heavy (non-hydrogen) atoms. The van der Waals surface area contributed by atoms with E-state index in [2.05, 4.69) is 4.98 Å². The fourth-order valence-electron chi connectivity index (χ4n) is 0.376. The van der Waals surface area contributed by atoms with Crippen molar-refractivity contribution in [2.45, 2.75) is 0 Å². The van der Waals surface area contributed by atoms with Gasteiger partial charge >= 0.3 is 66.2 Å². The van der Waals surface area contributed by atoms with Gasteiger partial charge < -0.3 is 0 Å². The first-order valence-electron chi connectivity index (χ1n) is 2.12. The Morgan fingerprint density at radius 2 is 2.25 bits per heavy atom. The zero-order valence-electron chi connectivity index (χ0n) is 4.06. The minimum atomic E-state index is 0.566. The molecule has 1 nitrogen and oxygen atoms in total. The van der Waals surface area contributed by atoms with Gasteiger partial charge in [-0.15, -0.1) is 0 Å². The Morgan fingerprint density at radius 3 is 2.62 bits per heavy atom. The van der Waals surface area contributed by atoms with Crippen LogP contribution >= 0.6 is 11.6 Å². The topological polar surface area (TPSA) is 12.9 Å². The summed E-state index contributed by atoms with van der Waals surface area (Å²) < 4.78 is 1.22. The normalized spacial score (nSPS) is 9.25. The van der Waals surface area contributed by atoms with E-state index in [-0.39, 0.29) is 0 Å². The quantitative estimate of drug-likeness (QED) is 0.469. The molecular formula is C5H3ClNSn. The van der Waals surface area contributed by atoms with Gasteiger partial charge in [-0.3, -0.25) is 0 Å². The van der Waals surface area contributed by atoms with Crippen LogP contribution in [0.25, 0.3) is 0 Å². The van der Waals surface area contributed by atoms with E-state index in [1.165, 1.54) is 26.1 Å². The van der Waals surface area contributed by atoms with Crippen LogP contribution in [0.15, 0.2) is 18.3 Å². The molecule has 3 heteroatoms. The number of hydrogen-bond acceptors (Lipinski definition) is 1. The molecule has 0 N–H and O–H groups in total. The van der Waals surface area contributed by atoms with Gasteiger partial charge in [-0.2, -0.15) is 0 Å². The molecule has 0 aliphatic rings. The van der Waals surface area contributed by atoms with Gasteiger partial charge in [0.25, 0.3) is 0 Å². The van der Waals surface area contributed by atoms with Crippen LogP contribution in [-0.4, -0.2) is 27.5 Å². The maximum atomic E-state index is 5.51. The van der Waals surface area contributed by atoms with Crippen molar-refractivity contribution in [3.05, 3.63) is 23.5 Å². The Hall–Kier alpha value is 0.239. The zero-order valence-corrected chi connectivity index (χ0v) is 7.67. The van der Waals surface area contributed by atoms with Crippen molar-refractivity contribution in [2.24, 2.45) is 0 Å². The third-order valence-corrected chi connectivity index (χ3v) is 1.80. The van der Waals surface area contributed by atoms with Gasteiger partial charge in [0.1, 0.15) is 0 Å². The monoisotopic (exact) mass is 232 g/mol. The molecule has 0 aromatic carbocycles. The molecule has 3 radical (unpaired) electrons. The SMILES string of the molecule is Clc1cc[c]([Sn])cn1. The van der Waals surface area contributed by atoms with Crippen LogP contribution in [0.3, 0.4) is 0 Å². The molecular weight excluding hydrogens is 228 g/mol. The second kappa shape index (κ2) is 2.69. The summed E-state index contributed by atoms with van der Waals surface area (Å²) >= 11 is 6.89. The molecule has 0 spiro atoms. The number of pyridine rings is 1. The fourth-order valence-corrected chi connectivity index (χ4v) is 0.910. The molecule has 1 aromatic heterocycles. The number of hydrogen-bond donors (Lipinski definition) is 0. The van der Waals surface area contributed by atoms with Crippen molar-refractivity contribution in [3.8, 4) is 0 Å². The molecule has 0 amide bonds. The molecule has 0 saturated carbocycles. The van der Waals surface area contributed by atoms with E-state index < -0.39 is 0 Å². The summed E-state index contributed by atoms with van der Waals surface area (Å²) in [6.45, 7) is 0. The van der Waals surface area contributed by atoms with Crippen molar-refractivity contribution < 1.29 is 0 Å². The Bertz CT molecular complexity index is 151. The number of rotatable bonds is 0. The van der Waals surface area contributed by atoms with E-state index in [0.717, 1.165) is 0 Å². The third-order valence-electron chi connectivity index (χ3n) is 0.727. The van der Waals surface area contributed by atoms with E-state index in [0.29, 0.717) is 5.15 Å². The van der Waals surface area contributed by atoms with Gasteiger partial charge in [0, 0.05) is 0 Å². The van der Waals surface area contributed by atoms with Crippen LogP contribution in [0.5, 0.6) is 0 Å². The molecule has 1 rings (SSSR count). The molecule has 0 aliphatic carbocycles. The van der Waals surface area contributed by atoms with Gasteiger partial charge in [0.05, 0.1) is 0 Å². The average Bonchev–Trinajstić information content (AvgIpc) is 1.77. The first-order valence-corrected chi connectivity index (χ1v) is 3.93. The third kappa shape index (κ3) is 1.63. The Labute approximate surface area is 66.2 Å². The fraction of sp³-hybridized carbons (Fsp3) is 0. The molecule has 0 saturated heterocycles. The summed E-state index contributed by atoms with van der Waals surface area (Å²) in [4.78, 5) is 3.87. The molecule has 0 bridgehead atoms. The number of halogens is 1. The summed E-state index contributed by atoms with van der Waals surface area (Å²) in [5, 5.41) is 0.566. The van der Waals surface area contributed by atoms with Gasteiger partial charge in [-0.05, 0) is 0 Å².